The molecule has 1 aromatic carbocycles. The highest BCUT2D eigenvalue weighted by Gasteiger charge is 2.25. The third-order valence-corrected chi connectivity index (χ3v) is 2.93. The van der Waals surface area contributed by atoms with Crippen LogP contribution in [0.15, 0.2) is 18.2 Å². The standard InChI is InChI=1S/C12H18N2O2/c1-15-11-4-3-9(7-12(11)16-2)14-10-5-8(13)6-10/h3-4,7-8,10,14H,5-6,13H2,1-2H3. The van der Waals surface area contributed by atoms with Gasteiger partial charge in [-0.15, -0.1) is 0 Å². The average Bonchev–Trinajstić information content (AvgIpc) is 2.27. The summed E-state index contributed by atoms with van der Waals surface area (Å²) in [4.78, 5) is 0. The zero-order valence-electron chi connectivity index (χ0n) is 9.69. The maximum Gasteiger partial charge on any atom is 0.162 e. The molecule has 0 spiro atoms. The van der Waals surface area contributed by atoms with E-state index in [2.05, 4.69) is 5.32 Å². The topological polar surface area (TPSA) is 56.5 Å². The molecule has 16 heavy (non-hydrogen) atoms. The fourth-order valence-electron chi connectivity index (χ4n) is 1.94. The van der Waals surface area contributed by atoms with E-state index in [1.807, 2.05) is 18.2 Å². The summed E-state index contributed by atoms with van der Waals surface area (Å²) < 4.78 is 10.4. The van der Waals surface area contributed by atoms with Gasteiger partial charge in [0.1, 0.15) is 0 Å². The monoisotopic (exact) mass is 222 g/mol. The molecule has 0 saturated heterocycles. The second-order valence-corrected chi connectivity index (χ2v) is 4.14. The highest BCUT2D eigenvalue weighted by Crippen LogP contribution is 2.31. The molecule has 1 fully saturated rings. The summed E-state index contributed by atoms with van der Waals surface area (Å²) in [6, 6.07) is 6.69. The van der Waals surface area contributed by atoms with Gasteiger partial charge in [0.25, 0.3) is 0 Å². The Morgan fingerprint density at radius 3 is 2.44 bits per heavy atom. The number of ether oxygens (including phenoxy) is 2. The molecule has 0 atom stereocenters. The van der Waals surface area contributed by atoms with Crippen LogP contribution < -0.4 is 20.5 Å². The maximum atomic E-state index is 5.74. The fourth-order valence-corrected chi connectivity index (χ4v) is 1.94. The lowest BCUT2D eigenvalue weighted by Gasteiger charge is -2.33. The zero-order chi connectivity index (χ0) is 11.5. The summed E-state index contributed by atoms with van der Waals surface area (Å²) in [5.41, 5.74) is 6.79. The molecule has 3 N–H and O–H groups in total. The van der Waals surface area contributed by atoms with Crippen molar-refractivity contribution in [1.82, 2.24) is 0 Å². The van der Waals surface area contributed by atoms with E-state index >= 15 is 0 Å². The predicted octanol–water partition coefficient (Wildman–Crippen LogP) is 1.61. The third kappa shape index (κ3) is 2.22. The van der Waals surface area contributed by atoms with E-state index in [1.165, 1.54) is 0 Å². The predicted molar refractivity (Wildman–Crippen MR) is 64.2 cm³/mol. The van der Waals surface area contributed by atoms with Crippen molar-refractivity contribution in [1.29, 1.82) is 0 Å². The fraction of sp³-hybridized carbons (Fsp3) is 0.500. The van der Waals surface area contributed by atoms with E-state index in [1.54, 1.807) is 14.2 Å². The van der Waals surface area contributed by atoms with E-state index < -0.39 is 0 Å². The quantitative estimate of drug-likeness (QED) is 0.812. The van der Waals surface area contributed by atoms with Gasteiger partial charge in [0.05, 0.1) is 14.2 Å². The van der Waals surface area contributed by atoms with Gasteiger partial charge in [-0.05, 0) is 25.0 Å². The molecule has 0 amide bonds. The van der Waals surface area contributed by atoms with Crippen LogP contribution >= 0.6 is 0 Å². The molecule has 0 heterocycles. The minimum Gasteiger partial charge on any atom is -0.493 e. The Kier molecular flexibility index (Phi) is 3.19. The molecule has 1 aromatic rings. The Morgan fingerprint density at radius 2 is 1.88 bits per heavy atom. The number of anilines is 1. The van der Waals surface area contributed by atoms with Crippen molar-refractivity contribution < 1.29 is 9.47 Å². The normalized spacial score (nSPS) is 23.4. The molecule has 1 aliphatic carbocycles. The molecule has 1 saturated carbocycles. The molecule has 0 unspecified atom stereocenters. The van der Waals surface area contributed by atoms with Crippen LogP contribution in [0, 0.1) is 0 Å². The van der Waals surface area contributed by atoms with Crippen molar-refractivity contribution >= 4 is 5.69 Å². The van der Waals surface area contributed by atoms with Crippen LogP contribution in [-0.2, 0) is 0 Å². The van der Waals surface area contributed by atoms with Gasteiger partial charge in [0, 0.05) is 23.8 Å². The van der Waals surface area contributed by atoms with E-state index in [9.17, 15) is 0 Å². The smallest absolute Gasteiger partial charge is 0.162 e. The highest BCUT2D eigenvalue weighted by atomic mass is 16.5. The summed E-state index contributed by atoms with van der Waals surface area (Å²) in [6.07, 6.45) is 2.07. The van der Waals surface area contributed by atoms with E-state index in [0.29, 0.717) is 12.1 Å². The molecule has 0 radical (unpaired) electrons. The van der Waals surface area contributed by atoms with Crippen molar-refractivity contribution in [2.75, 3.05) is 19.5 Å². The molecule has 0 aromatic heterocycles. The minimum absolute atomic E-state index is 0.359. The summed E-state index contributed by atoms with van der Waals surface area (Å²) in [6.45, 7) is 0. The number of nitrogens with one attached hydrogen (secondary N) is 1. The lowest BCUT2D eigenvalue weighted by Crippen LogP contribution is -2.44. The van der Waals surface area contributed by atoms with Gasteiger partial charge >= 0.3 is 0 Å². The van der Waals surface area contributed by atoms with Crippen molar-refractivity contribution in [2.24, 2.45) is 5.73 Å². The molecule has 88 valence electrons. The molecular weight excluding hydrogens is 204 g/mol. The molecule has 4 nitrogen and oxygen atoms in total. The number of benzene rings is 1. The summed E-state index contributed by atoms with van der Waals surface area (Å²) in [7, 11) is 3.27. The molecule has 4 heteroatoms. The summed E-state index contributed by atoms with van der Waals surface area (Å²) in [5, 5.41) is 3.42. The van der Waals surface area contributed by atoms with Gasteiger partial charge in [-0.2, -0.15) is 0 Å². The van der Waals surface area contributed by atoms with Crippen LogP contribution in [0.3, 0.4) is 0 Å². The number of rotatable bonds is 4. The first-order valence-corrected chi connectivity index (χ1v) is 5.47. The lowest BCUT2D eigenvalue weighted by molar-refractivity contribution is 0.354. The van der Waals surface area contributed by atoms with Crippen molar-refractivity contribution in [3.63, 3.8) is 0 Å². The van der Waals surface area contributed by atoms with Crippen molar-refractivity contribution in [2.45, 2.75) is 24.9 Å². The van der Waals surface area contributed by atoms with Crippen LogP contribution in [0.4, 0.5) is 5.69 Å². The van der Waals surface area contributed by atoms with Gasteiger partial charge in [-0.3, -0.25) is 0 Å². The average molecular weight is 222 g/mol. The first-order chi connectivity index (χ1) is 7.72. The van der Waals surface area contributed by atoms with Crippen LogP contribution in [0.1, 0.15) is 12.8 Å². The minimum atomic E-state index is 0.359. The second kappa shape index (κ2) is 4.61. The second-order valence-electron chi connectivity index (χ2n) is 4.14. The largest absolute Gasteiger partial charge is 0.493 e. The van der Waals surface area contributed by atoms with E-state index in [-0.39, 0.29) is 0 Å². The van der Waals surface area contributed by atoms with Crippen LogP contribution in [0.2, 0.25) is 0 Å². The van der Waals surface area contributed by atoms with Crippen LogP contribution in [0.25, 0.3) is 0 Å². The number of nitrogens with two attached hydrogens (primary N) is 1. The Labute approximate surface area is 95.7 Å². The SMILES string of the molecule is COc1ccc(NC2CC(N)C2)cc1OC. The number of methoxy groups -OCH3 is 2. The molecule has 0 bridgehead atoms. The van der Waals surface area contributed by atoms with Crippen molar-refractivity contribution in [3.05, 3.63) is 18.2 Å². The molecule has 2 rings (SSSR count). The maximum absolute atomic E-state index is 5.74. The van der Waals surface area contributed by atoms with E-state index in [0.717, 1.165) is 30.0 Å². The Balaban J connectivity index is 2.04. The zero-order valence-corrected chi connectivity index (χ0v) is 9.69. The van der Waals surface area contributed by atoms with E-state index in [4.69, 9.17) is 15.2 Å². The van der Waals surface area contributed by atoms with Gasteiger partial charge in [-0.25, -0.2) is 0 Å². The first-order valence-electron chi connectivity index (χ1n) is 5.47. The van der Waals surface area contributed by atoms with Crippen LogP contribution in [-0.4, -0.2) is 26.3 Å². The number of hydrogen-bond acceptors (Lipinski definition) is 4. The van der Waals surface area contributed by atoms with Gasteiger partial charge < -0.3 is 20.5 Å². The first kappa shape index (κ1) is 11.1. The summed E-state index contributed by atoms with van der Waals surface area (Å²) in [5.74, 6) is 1.49. The van der Waals surface area contributed by atoms with Gasteiger partial charge in [0.15, 0.2) is 11.5 Å². The lowest BCUT2D eigenvalue weighted by atomic mass is 9.87. The van der Waals surface area contributed by atoms with Gasteiger partial charge in [-0.1, -0.05) is 0 Å². The van der Waals surface area contributed by atoms with Crippen LogP contribution in [0.5, 0.6) is 11.5 Å². The van der Waals surface area contributed by atoms with Crippen molar-refractivity contribution in [3.8, 4) is 11.5 Å². The molecule has 0 aliphatic heterocycles. The van der Waals surface area contributed by atoms with Gasteiger partial charge in [0.2, 0.25) is 0 Å². The highest BCUT2D eigenvalue weighted by molar-refractivity contribution is 5.55. The molecular formula is C12H18N2O2. The summed E-state index contributed by atoms with van der Waals surface area (Å²) >= 11 is 0. The molecule has 1 aliphatic rings. The Hall–Kier alpha value is -1.42. The number of hydrogen-bond donors (Lipinski definition) is 2. The Bertz CT molecular complexity index is 362. The Morgan fingerprint density at radius 1 is 1.19 bits per heavy atom. The third-order valence-electron chi connectivity index (χ3n) is 2.93.